The first-order chi connectivity index (χ1) is 8.76. The van der Waals surface area contributed by atoms with Crippen LogP contribution in [0.15, 0.2) is 0 Å². The minimum atomic E-state index is -0.178. The molecule has 2 N–H and O–H groups in total. The van der Waals surface area contributed by atoms with Gasteiger partial charge in [-0.05, 0) is 12.0 Å². The van der Waals surface area contributed by atoms with E-state index in [-0.39, 0.29) is 48.9 Å². The fraction of sp³-hybridized carbons (Fsp3) is 0.769. The van der Waals surface area contributed by atoms with Crippen LogP contribution in [0.2, 0.25) is 0 Å². The highest BCUT2D eigenvalue weighted by Gasteiger charge is 2.29. The zero-order valence-electron chi connectivity index (χ0n) is 11.9. The molecule has 1 aliphatic rings. The Kier molecular flexibility index (Phi) is 5.05. The summed E-state index contributed by atoms with van der Waals surface area (Å²) in [7, 11) is 1.72. The summed E-state index contributed by atoms with van der Waals surface area (Å²) >= 11 is 0. The lowest BCUT2D eigenvalue weighted by molar-refractivity contribution is -0.139. The minimum absolute atomic E-state index is 0.0750. The van der Waals surface area contributed by atoms with Gasteiger partial charge in [0.1, 0.15) is 0 Å². The first kappa shape index (κ1) is 15.6. The van der Waals surface area contributed by atoms with Crippen molar-refractivity contribution in [1.29, 1.82) is 0 Å². The quantitative estimate of drug-likeness (QED) is 0.686. The molecule has 0 unspecified atom stereocenters. The number of carbonyl (C=O) groups excluding carboxylic acids is 3. The Morgan fingerprint density at radius 2 is 1.84 bits per heavy atom. The summed E-state index contributed by atoms with van der Waals surface area (Å²) in [6.07, 6.45) is 0.709. The molecule has 19 heavy (non-hydrogen) atoms. The molecule has 0 bridgehead atoms. The molecule has 1 fully saturated rings. The summed E-state index contributed by atoms with van der Waals surface area (Å²) in [5, 5.41) is 0. The number of nitrogens with zero attached hydrogens (tertiary/aromatic N) is 2. The van der Waals surface area contributed by atoms with Crippen molar-refractivity contribution < 1.29 is 14.4 Å². The van der Waals surface area contributed by atoms with Crippen LogP contribution in [0, 0.1) is 5.41 Å². The molecule has 0 aromatic rings. The molecule has 0 atom stereocenters. The standard InChI is InChI=1S/C13H23N3O3/c1-13(2,8-14)9-15(3)10(17)6-7-16-11(18)4-5-12(16)19/h4-9,14H2,1-3H3. The molecule has 108 valence electrons. The van der Waals surface area contributed by atoms with Crippen molar-refractivity contribution in [3.63, 3.8) is 0 Å². The van der Waals surface area contributed by atoms with Crippen LogP contribution in [-0.2, 0) is 14.4 Å². The van der Waals surface area contributed by atoms with E-state index in [1.165, 1.54) is 4.90 Å². The number of hydrogen-bond acceptors (Lipinski definition) is 4. The van der Waals surface area contributed by atoms with Crippen LogP contribution in [0.5, 0.6) is 0 Å². The molecule has 1 heterocycles. The second kappa shape index (κ2) is 6.14. The van der Waals surface area contributed by atoms with Crippen LogP contribution < -0.4 is 5.73 Å². The Labute approximate surface area is 113 Å². The van der Waals surface area contributed by atoms with Crippen LogP contribution >= 0.6 is 0 Å². The van der Waals surface area contributed by atoms with Gasteiger partial charge in [0.15, 0.2) is 0 Å². The van der Waals surface area contributed by atoms with Crippen LogP contribution in [0.3, 0.4) is 0 Å². The molecule has 6 heteroatoms. The largest absolute Gasteiger partial charge is 0.345 e. The van der Waals surface area contributed by atoms with Gasteiger partial charge in [0.05, 0.1) is 0 Å². The molecular weight excluding hydrogens is 246 g/mol. The van der Waals surface area contributed by atoms with Crippen molar-refractivity contribution in [2.24, 2.45) is 11.1 Å². The molecule has 0 aliphatic carbocycles. The lowest BCUT2D eigenvalue weighted by Crippen LogP contribution is -2.41. The average molecular weight is 269 g/mol. The van der Waals surface area contributed by atoms with Crippen molar-refractivity contribution in [3.05, 3.63) is 0 Å². The molecule has 0 radical (unpaired) electrons. The first-order valence-electron chi connectivity index (χ1n) is 6.54. The molecular formula is C13H23N3O3. The van der Waals surface area contributed by atoms with Crippen molar-refractivity contribution >= 4 is 17.7 Å². The van der Waals surface area contributed by atoms with Gasteiger partial charge in [-0.2, -0.15) is 0 Å². The Morgan fingerprint density at radius 3 is 2.32 bits per heavy atom. The van der Waals surface area contributed by atoms with Gasteiger partial charge in [0.2, 0.25) is 17.7 Å². The van der Waals surface area contributed by atoms with Crippen molar-refractivity contribution in [3.8, 4) is 0 Å². The molecule has 1 saturated heterocycles. The maximum Gasteiger partial charge on any atom is 0.229 e. The molecule has 1 aliphatic heterocycles. The first-order valence-corrected chi connectivity index (χ1v) is 6.54. The predicted molar refractivity (Wildman–Crippen MR) is 71.0 cm³/mol. The van der Waals surface area contributed by atoms with Crippen molar-refractivity contribution in [2.75, 3.05) is 26.7 Å². The molecule has 0 spiro atoms. The third-order valence-electron chi connectivity index (χ3n) is 3.35. The van der Waals surface area contributed by atoms with E-state index in [1.807, 2.05) is 13.8 Å². The molecule has 0 saturated carbocycles. The Bertz CT molecular complexity index is 363. The highest BCUT2D eigenvalue weighted by molar-refractivity contribution is 6.02. The van der Waals surface area contributed by atoms with Gasteiger partial charge in [-0.1, -0.05) is 13.8 Å². The number of likely N-dealkylation sites (tertiary alicyclic amines) is 1. The lowest BCUT2D eigenvalue weighted by Gasteiger charge is -2.29. The maximum absolute atomic E-state index is 11.9. The van der Waals surface area contributed by atoms with Gasteiger partial charge in [0.25, 0.3) is 0 Å². The average Bonchev–Trinajstić information content (AvgIpc) is 2.65. The van der Waals surface area contributed by atoms with E-state index in [0.717, 1.165) is 0 Å². The zero-order valence-corrected chi connectivity index (χ0v) is 11.9. The number of nitrogens with two attached hydrogens (primary N) is 1. The smallest absolute Gasteiger partial charge is 0.229 e. The summed E-state index contributed by atoms with van der Waals surface area (Å²) in [5.41, 5.74) is 5.49. The number of hydrogen-bond donors (Lipinski definition) is 1. The van der Waals surface area contributed by atoms with E-state index >= 15 is 0 Å². The van der Waals surface area contributed by atoms with Gasteiger partial charge in [-0.3, -0.25) is 19.3 Å². The van der Waals surface area contributed by atoms with E-state index in [0.29, 0.717) is 13.1 Å². The number of carbonyl (C=O) groups is 3. The van der Waals surface area contributed by atoms with Gasteiger partial charge in [-0.25, -0.2) is 0 Å². The Hall–Kier alpha value is -1.43. The maximum atomic E-state index is 11.9. The normalized spacial score (nSPS) is 16.1. The lowest BCUT2D eigenvalue weighted by atomic mass is 9.93. The monoisotopic (exact) mass is 269 g/mol. The van der Waals surface area contributed by atoms with Crippen LogP contribution in [0.4, 0.5) is 0 Å². The summed E-state index contributed by atoms with van der Waals surface area (Å²) in [4.78, 5) is 37.5. The fourth-order valence-corrected chi connectivity index (χ4v) is 2.07. The molecule has 0 aromatic heterocycles. The van der Waals surface area contributed by atoms with Gasteiger partial charge in [0, 0.05) is 39.4 Å². The van der Waals surface area contributed by atoms with Crippen molar-refractivity contribution in [1.82, 2.24) is 9.80 Å². The topological polar surface area (TPSA) is 83.7 Å². The van der Waals surface area contributed by atoms with Gasteiger partial charge >= 0.3 is 0 Å². The molecule has 6 nitrogen and oxygen atoms in total. The van der Waals surface area contributed by atoms with Crippen LogP contribution in [0.25, 0.3) is 0 Å². The van der Waals surface area contributed by atoms with Crippen LogP contribution in [-0.4, -0.2) is 54.2 Å². The minimum Gasteiger partial charge on any atom is -0.345 e. The highest BCUT2D eigenvalue weighted by atomic mass is 16.2. The van der Waals surface area contributed by atoms with Gasteiger partial charge in [-0.15, -0.1) is 0 Å². The fourth-order valence-electron chi connectivity index (χ4n) is 2.07. The zero-order chi connectivity index (χ0) is 14.6. The van der Waals surface area contributed by atoms with Crippen molar-refractivity contribution in [2.45, 2.75) is 33.1 Å². The SMILES string of the molecule is CN(CC(C)(C)CN)C(=O)CCN1C(=O)CCC1=O. The summed E-state index contributed by atoms with van der Waals surface area (Å²) in [6, 6.07) is 0. The number of amides is 3. The molecule has 1 rings (SSSR count). The summed E-state index contributed by atoms with van der Waals surface area (Å²) in [5.74, 6) is -0.431. The van der Waals surface area contributed by atoms with E-state index in [4.69, 9.17) is 5.73 Å². The van der Waals surface area contributed by atoms with E-state index < -0.39 is 0 Å². The van der Waals surface area contributed by atoms with E-state index in [1.54, 1.807) is 11.9 Å². The third kappa shape index (κ3) is 4.31. The Morgan fingerprint density at radius 1 is 1.32 bits per heavy atom. The molecule has 3 amide bonds. The summed E-state index contributed by atoms with van der Waals surface area (Å²) in [6.45, 7) is 5.22. The van der Waals surface area contributed by atoms with E-state index in [2.05, 4.69) is 0 Å². The number of rotatable bonds is 6. The predicted octanol–water partition coefficient (Wildman–Crippen LogP) is -0.0312. The third-order valence-corrected chi connectivity index (χ3v) is 3.35. The Balaban J connectivity index is 2.43. The summed E-state index contributed by atoms with van der Waals surface area (Å²) < 4.78 is 0. The van der Waals surface area contributed by atoms with E-state index in [9.17, 15) is 14.4 Å². The van der Waals surface area contributed by atoms with Crippen LogP contribution in [0.1, 0.15) is 33.1 Å². The molecule has 0 aromatic carbocycles. The second-order valence-corrected chi connectivity index (χ2v) is 5.81. The highest BCUT2D eigenvalue weighted by Crippen LogP contribution is 2.15. The number of imide groups is 1. The second-order valence-electron chi connectivity index (χ2n) is 5.81. The van der Waals surface area contributed by atoms with Gasteiger partial charge < -0.3 is 10.6 Å².